The molecule has 94 valence electrons. The predicted octanol–water partition coefficient (Wildman–Crippen LogP) is 1.66. The topological polar surface area (TPSA) is 85.1 Å². The van der Waals surface area contributed by atoms with Gasteiger partial charge in [-0.15, -0.1) is 11.3 Å². The summed E-state index contributed by atoms with van der Waals surface area (Å²) in [6.07, 6.45) is 0.653. The van der Waals surface area contributed by atoms with Gasteiger partial charge in [0.2, 0.25) is 5.91 Å². The lowest BCUT2D eigenvalue weighted by molar-refractivity contribution is -0.124. The van der Waals surface area contributed by atoms with Crippen molar-refractivity contribution in [3.8, 4) is 0 Å². The number of Topliss-reactive ketones (excluding diaryl/α,β-unsaturated/α-hetero) is 1. The van der Waals surface area contributed by atoms with E-state index in [9.17, 15) is 9.59 Å². The molecule has 17 heavy (non-hydrogen) atoms. The van der Waals surface area contributed by atoms with Gasteiger partial charge in [-0.3, -0.25) is 9.59 Å². The minimum atomic E-state index is -0.595. The van der Waals surface area contributed by atoms with Gasteiger partial charge in [-0.25, -0.2) is 4.98 Å². The first-order valence-electron chi connectivity index (χ1n) is 5.41. The molecule has 5 nitrogen and oxygen atoms in total. The van der Waals surface area contributed by atoms with E-state index in [0.29, 0.717) is 17.2 Å². The van der Waals surface area contributed by atoms with Crippen LogP contribution in [0.4, 0.5) is 5.13 Å². The Bertz CT molecular complexity index is 424. The Labute approximate surface area is 104 Å². The lowest BCUT2D eigenvalue weighted by Gasteiger charge is -2.24. The molecule has 0 bridgehead atoms. The van der Waals surface area contributed by atoms with E-state index in [1.807, 2.05) is 13.8 Å². The molecular formula is C11H17N3O2S. The van der Waals surface area contributed by atoms with Gasteiger partial charge >= 0.3 is 0 Å². The molecule has 1 heterocycles. The van der Waals surface area contributed by atoms with E-state index in [-0.39, 0.29) is 18.2 Å². The summed E-state index contributed by atoms with van der Waals surface area (Å²) in [4.78, 5) is 27.1. The van der Waals surface area contributed by atoms with Crippen LogP contribution in [-0.2, 0) is 4.79 Å². The van der Waals surface area contributed by atoms with Crippen LogP contribution < -0.4 is 11.1 Å². The highest BCUT2D eigenvalue weighted by Gasteiger charge is 2.30. The van der Waals surface area contributed by atoms with E-state index in [1.165, 1.54) is 18.3 Å². The molecule has 1 aromatic heterocycles. The van der Waals surface area contributed by atoms with E-state index < -0.39 is 5.41 Å². The number of nitrogens with two attached hydrogens (primary N) is 1. The number of hydrogen-bond acceptors (Lipinski definition) is 5. The number of carbonyl (C=O) groups is 2. The van der Waals surface area contributed by atoms with Gasteiger partial charge < -0.3 is 11.1 Å². The number of ketones is 1. The molecule has 1 atom stereocenters. The first-order valence-corrected chi connectivity index (χ1v) is 6.29. The van der Waals surface area contributed by atoms with Crippen molar-refractivity contribution in [2.75, 3.05) is 11.9 Å². The molecule has 6 heteroatoms. The fourth-order valence-corrected chi connectivity index (χ4v) is 1.88. The number of thiazole rings is 1. The average Bonchev–Trinajstić information content (AvgIpc) is 2.76. The van der Waals surface area contributed by atoms with Crippen LogP contribution in [0.5, 0.6) is 0 Å². The number of hydrogen-bond donors (Lipinski definition) is 2. The summed E-state index contributed by atoms with van der Waals surface area (Å²) in [6.45, 7) is 5.44. The molecule has 0 saturated carbocycles. The lowest BCUT2D eigenvalue weighted by atomic mass is 9.87. The van der Waals surface area contributed by atoms with Crippen molar-refractivity contribution < 1.29 is 9.59 Å². The van der Waals surface area contributed by atoms with Crippen molar-refractivity contribution in [2.45, 2.75) is 27.2 Å². The number of aromatic nitrogens is 1. The van der Waals surface area contributed by atoms with Crippen LogP contribution in [0.1, 0.15) is 37.7 Å². The van der Waals surface area contributed by atoms with Crippen LogP contribution in [0.15, 0.2) is 5.38 Å². The highest BCUT2D eigenvalue weighted by atomic mass is 32.1. The van der Waals surface area contributed by atoms with Gasteiger partial charge in [0.05, 0.1) is 5.41 Å². The highest BCUT2D eigenvalue weighted by molar-refractivity contribution is 7.14. The van der Waals surface area contributed by atoms with Crippen LogP contribution in [0.25, 0.3) is 0 Å². The van der Waals surface area contributed by atoms with Crippen molar-refractivity contribution in [1.29, 1.82) is 0 Å². The van der Waals surface area contributed by atoms with E-state index in [1.54, 1.807) is 5.38 Å². The molecule has 1 amide bonds. The van der Waals surface area contributed by atoms with Crippen molar-refractivity contribution in [3.05, 3.63) is 11.1 Å². The van der Waals surface area contributed by atoms with E-state index in [0.717, 1.165) is 0 Å². The summed E-state index contributed by atoms with van der Waals surface area (Å²) in [5.74, 6) is -0.272. The fourth-order valence-electron chi connectivity index (χ4n) is 1.14. The Morgan fingerprint density at radius 3 is 2.65 bits per heavy atom. The second kappa shape index (κ2) is 5.37. The smallest absolute Gasteiger partial charge is 0.233 e. The molecule has 3 N–H and O–H groups in total. The summed E-state index contributed by atoms with van der Waals surface area (Å²) in [7, 11) is 0. The Balaban J connectivity index is 2.77. The molecule has 0 aliphatic heterocycles. The van der Waals surface area contributed by atoms with Crippen molar-refractivity contribution >= 4 is 28.2 Å². The van der Waals surface area contributed by atoms with E-state index in [4.69, 9.17) is 5.73 Å². The number of nitrogens with zero attached hydrogens (tertiary/aromatic N) is 1. The molecule has 0 fully saturated rings. The zero-order valence-corrected chi connectivity index (χ0v) is 11.1. The second-order valence-electron chi connectivity index (χ2n) is 4.17. The number of nitrogens with one attached hydrogen (secondary N) is 1. The third kappa shape index (κ3) is 3.10. The van der Waals surface area contributed by atoms with Crippen LogP contribution in [0.3, 0.4) is 0 Å². The van der Waals surface area contributed by atoms with Crippen LogP contribution in [-0.4, -0.2) is 23.2 Å². The molecule has 1 unspecified atom stereocenters. The first kappa shape index (κ1) is 13.8. The largest absolute Gasteiger partial charge is 0.329 e. The number of anilines is 1. The third-order valence-corrected chi connectivity index (χ3v) is 3.62. The lowest BCUT2D eigenvalue weighted by Crippen LogP contribution is -2.39. The van der Waals surface area contributed by atoms with Crippen molar-refractivity contribution in [1.82, 2.24) is 4.98 Å². The van der Waals surface area contributed by atoms with Crippen molar-refractivity contribution in [2.24, 2.45) is 11.1 Å². The Hall–Kier alpha value is -1.27. The van der Waals surface area contributed by atoms with Gasteiger partial charge in [0.25, 0.3) is 0 Å². The summed E-state index contributed by atoms with van der Waals surface area (Å²) in [6, 6.07) is 0. The van der Waals surface area contributed by atoms with Gasteiger partial charge in [-0.2, -0.15) is 0 Å². The van der Waals surface area contributed by atoms with Gasteiger partial charge in [-0.1, -0.05) is 6.92 Å². The standard InChI is InChI=1S/C11H17N3O2S/c1-4-11(3,6-12)9(16)14-10-13-8(5-17-10)7(2)15/h5H,4,6,12H2,1-3H3,(H,13,14,16). The molecule has 0 spiro atoms. The molecular weight excluding hydrogens is 238 g/mol. The minimum absolute atomic E-state index is 0.112. The predicted molar refractivity (Wildman–Crippen MR) is 68.2 cm³/mol. The Kier molecular flexibility index (Phi) is 4.36. The SMILES string of the molecule is CCC(C)(CN)C(=O)Nc1nc(C(C)=O)cs1. The van der Waals surface area contributed by atoms with E-state index >= 15 is 0 Å². The van der Waals surface area contributed by atoms with Crippen LogP contribution >= 0.6 is 11.3 Å². The summed E-state index contributed by atoms with van der Waals surface area (Å²) < 4.78 is 0. The summed E-state index contributed by atoms with van der Waals surface area (Å²) >= 11 is 1.24. The zero-order valence-electron chi connectivity index (χ0n) is 10.2. The van der Waals surface area contributed by atoms with Gasteiger partial charge in [0, 0.05) is 18.8 Å². The summed E-state index contributed by atoms with van der Waals surface area (Å²) in [5, 5.41) is 4.76. The quantitative estimate of drug-likeness (QED) is 0.783. The average molecular weight is 255 g/mol. The molecule has 0 aromatic carbocycles. The monoisotopic (exact) mass is 255 g/mol. The maximum atomic E-state index is 12.0. The van der Waals surface area contributed by atoms with Crippen molar-refractivity contribution in [3.63, 3.8) is 0 Å². The van der Waals surface area contributed by atoms with Crippen LogP contribution in [0, 0.1) is 5.41 Å². The second-order valence-corrected chi connectivity index (χ2v) is 5.02. The number of rotatable bonds is 5. The summed E-state index contributed by atoms with van der Waals surface area (Å²) in [5.41, 5.74) is 5.37. The maximum absolute atomic E-state index is 12.0. The van der Waals surface area contributed by atoms with Gasteiger partial charge in [0.1, 0.15) is 5.69 Å². The van der Waals surface area contributed by atoms with Crippen LogP contribution in [0.2, 0.25) is 0 Å². The first-order chi connectivity index (χ1) is 7.92. The fraction of sp³-hybridized carbons (Fsp3) is 0.545. The van der Waals surface area contributed by atoms with E-state index in [2.05, 4.69) is 10.3 Å². The molecule has 0 saturated heterocycles. The number of amides is 1. The highest BCUT2D eigenvalue weighted by Crippen LogP contribution is 2.23. The zero-order chi connectivity index (χ0) is 13.1. The molecule has 0 aliphatic carbocycles. The molecule has 1 rings (SSSR count). The molecule has 0 radical (unpaired) electrons. The third-order valence-electron chi connectivity index (χ3n) is 2.86. The minimum Gasteiger partial charge on any atom is -0.329 e. The maximum Gasteiger partial charge on any atom is 0.233 e. The number of carbonyl (C=O) groups excluding carboxylic acids is 2. The molecule has 1 aromatic rings. The normalized spacial score (nSPS) is 14.1. The van der Waals surface area contributed by atoms with Gasteiger partial charge in [0.15, 0.2) is 10.9 Å². The Morgan fingerprint density at radius 1 is 1.59 bits per heavy atom. The molecule has 0 aliphatic rings. The van der Waals surface area contributed by atoms with Gasteiger partial charge in [-0.05, 0) is 13.3 Å². The Morgan fingerprint density at radius 2 is 2.24 bits per heavy atom.